The third-order valence-electron chi connectivity index (χ3n) is 5.28. The molecule has 0 spiro atoms. The molecule has 1 aliphatic heterocycles. The Balaban J connectivity index is 1.46. The number of nitrogens with zero attached hydrogens (tertiary/aromatic N) is 1. The van der Waals surface area contributed by atoms with E-state index in [9.17, 15) is 27.6 Å². The molecule has 0 bridgehead atoms. The summed E-state index contributed by atoms with van der Waals surface area (Å²) in [6.45, 7) is -0.405. The Kier molecular flexibility index (Phi) is 6.16. The molecule has 3 amide bonds. The van der Waals surface area contributed by atoms with Crippen molar-refractivity contribution in [2.24, 2.45) is 0 Å². The van der Waals surface area contributed by atoms with Crippen LogP contribution in [0.25, 0.3) is 0 Å². The largest absolute Gasteiger partial charge is 0.459 e. The summed E-state index contributed by atoms with van der Waals surface area (Å²) in [5, 5.41) is 4.49. The van der Waals surface area contributed by atoms with Crippen molar-refractivity contribution < 1.29 is 32.0 Å². The number of hydrogen-bond donors (Lipinski definition) is 2. The van der Waals surface area contributed by atoms with Gasteiger partial charge in [-0.15, -0.1) is 0 Å². The number of halogens is 3. The van der Waals surface area contributed by atoms with Crippen LogP contribution in [0.3, 0.4) is 0 Å². The fourth-order valence-electron chi connectivity index (χ4n) is 3.61. The Bertz CT molecular complexity index is 1210. The maximum absolute atomic E-state index is 13.8. The Morgan fingerprint density at radius 2 is 1.73 bits per heavy atom. The predicted molar refractivity (Wildman–Crippen MR) is 110 cm³/mol. The Morgan fingerprint density at radius 3 is 2.45 bits per heavy atom. The molecule has 170 valence electrons. The zero-order chi connectivity index (χ0) is 23.5. The summed E-state index contributed by atoms with van der Waals surface area (Å²) >= 11 is 0. The van der Waals surface area contributed by atoms with Gasteiger partial charge in [-0.05, 0) is 35.4 Å². The van der Waals surface area contributed by atoms with E-state index in [0.29, 0.717) is 6.07 Å². The second-order valence-corrected chi connectivity index (χ2v) is 7.39. The van der Waals surface area contributed by atoms with Crippen LogP contribution < -0.4 is 10.6 Å². The van der Waals surface area contributed by atoms with Crippen molar-refractivity contribution in [1.82, 2.24) is 10.2 Å². The molecule has 2 aromatic carbocycles. The Morgan fingerprint density at radius 1 is 0.970 bits per heavy atom. The molecule has 33 heavy (non-hydrogen) atoms. The number of hydrogen-bond acceptors (Lipinski definition) is 4. The van der Waals surface area contributed by atoms with Crippen LogP contribution in [0, 0.1) is 17.5 Å². The number of benzene rings is 2. The highest BCUT2D eigenvalue weighted by Crippen LogP contribution is 2.25. The second-order valence-electron chi connectivity index (χ2n) is 7.39. The number of carbonyl (C=O) groups is 3. The molecule has 7 nitrogen and oxygen atoms in total. The van der Waals surface area contributed by atoms with E-state index in [4.69, 9.17) is 4.42 Å². The van der Waals surface area contributed by atoms with E-state index in [2.05, 4.69) is 10.6 Å². The van der Waals surface area contributed by atoms with Crippen molar-refractivity contribution in [3.8, 4) is 0 Å². The molecule has 2 heterocycles. The average molecular weight is 457 g/mol. The third-order valence-corrected chi connectivity index (χ3v) is 5.28. The molecule has 0 radical (unpaired) electrons. The zero-order valence-electron chi connectivity index (χ0n) is 17.1. The van der Waals surface area contributed by atoms with Gasteiger partial charge in [0.2, 0.25) is 11.8 Å². The number of amides is 3. The first-order chi connectivity index (χ1) is 15.8. The summed E-state index contributed by atoms with van der Waals surface area (Å²) in [6, 6.07) is 11.0. The zero-order valence-corrected chi connectivity index (χ0v) is 17.1. The molecule has 0 fully saturated rings. The standard InChI is InChI=1S/C23H18F3N3O4/c24-15-7-8-16(21(26)20(15)25)28-19(30)11-27-22(31)17-10-13-4-1-2-5-14(13)12-29(17)23(32)18-6-3-9-33-18/h1-9,17H,10-12H2,(H,27,31)(H,28,30). The van der Waals surface area contributed by atoms with Gasteiger partial charge in [-0.2, -0.15) is 0 Å². The first-order valence-corrected chi connectivity index (χ1v) is 9.97. The van der Waals surface area contributed by atoms with Gasteiger partial charge in [-0.25, -0.2) is 13.2 Å². The maximum Gasteiger partial charge on any atom is 0.290 e. The smallest absolute Gasteiger partial charge is 0.290 e. The van der Waals surface area contributed by atoms with Crippen LogP contribution in [-0.2, 0) is 22.6 Å². The lowest BCUT2D eigenvalue weighted by Crippen LogP contribution is -2.53. The van der Waals surface area contributed by atoms with Crippen molar-refractivity contribution in [1.29, 1.82) is 0 Å². The first kappa shape index (κ1) is 22.1. The molecule has 1 aliphatic rings. The van der Waals surface area contributed by atoms with Gasteiger partial charge in [0.05, 0.1) is 18.5 Å². The molecular formula is C23H18F3N3O4. The lowest BCUT2D eigenvalue weighted by atomic mass is 9.93. The number of carbonyl (C=O) groups excluding carboxylic acids is 3. The number of fused-ring (bicyclic) bond motifs is 1. The summed E-state index contributed by atoms with van der Waals surface area (Å²) in [7, 11) is 0. The highest BCUT2D eigenvalue weighted by atomic mass is 19.2. The van der Waals surface area contributed by atoms with E-state index in [1.807, 2.05) is 24.3 Å². The highest BCUT2D eigenvalue weighted by molar-refractivity contribution is 5.98. The van der Waals surface area contributed by atoms with Gasteiger partial charge in [0.1, 0.15) is 6.04 Å². The summed E-state index contributed by atoms with van der Waals surface area (Å²) in [6.07, 6.45) is 1.57. The fourth-order valence-corrected chi connectivity index (χ4v) is 3.61. The molecular weight excluding hydrogens is 439 g/mol. The molecule has 0 saturated heterocycles. The second kappa shape index (κ2) is 9.19. The van der Waals surface area contributed by atoms with Gasteiger partial charge in [-0.3, -0.25) is 14.4 Å². The van der Waals surface area contributed by atoms with Crippen molar-refractivity contribution >= 4 is 23.4 Å². The number of rotatable bonds is 5. The Hall–Kier alpha value is -4.08. The normalized spacial score (nSPS) is 15.0. The molecule has 1 atom stereocenters. The van der Waals surface area contributed by atoms with Gasteiger partial charge < -0.3 is 20.0 Å². The Labute approximate surface area is 186 Å². The lowest BCUT2D eigenvalue weighted by molar-refractivity contribution is -0.128. The van der Waals surface area contributed by atoms with Gasteiger partial charge in [0.25, 0.3) is 5.91 Å². The maximum atomic E-state index is 13.8. The van der Waals surface area contributed by atoms with Crippen molar-refractivity contribution in [2.75, 3.05) is 11.9 Å². The molecule has 0 saturated carbocycles. The van der Waals surface area contributed by atoms with Crippen LogP contribution in [0.4, 0.5) is 18.9 Å². The molecule has 1 aromatic heterocycles. The SMILES string of the molecule is O=C(CNC(=O)C1Cc2ccccc2CN1C(=O)c1ccco1)Nc1ccc(F)c(F)c1F. The van der Waals surface area contributed by atoms with Crippen LogP contribution in [0.5, 0.6) is 0 Å². The minimum absolute atomic E-state index is 0.0683. The predicted octanol–water partition coefficient (Wildman–Crippen LogP) is 3.02. The average Bonchev–Trinajstić information content (AvgIpc) is 3.36. The molecule has 10 heteroatoms. The van der Waals surface area contributed by atoms with Crippen LogP contribution >= 0.6 is 0 Å². The molecule has 3 aromatic rings. The summed E-state index contributed by atoms with van der Waals surface area (Å²) in [4.78, 5) is 39.3. The van der Waals surface area contributed by atoms with Crippen LogP contribution in [0.2, 0.25) is 0 Å². The topological polar surface area (TPSA) is 91.7 Å². The van der Waals surface area contributed by atoms with Crippen molar-refractivity contribution in [2.45, 2.75) is 19.0 Å². The first-order valence-electron chi connectivity index (χ1n) is 9.97. The molecule has 4 rings (SSSR count). The van der Waals surface area contributed by atoms with Crippen LogP contribution in [-0.4, -0.2) is 35.2 Å². The summed E-state index contributed by atoms with van der Waals surface area (Å²) < 4.78 is 45.3. The minimum atomic E-state index is -1.72. The van der Waals surface area contributed by atoms with Gasteiger partial charge in [0, 0.05) is 13.0 Å². The van der Waals surface area contributed by atoms with E-state index in [1.165, 1.54) is 17.2 Å². The molecule has 1 unspecified atom stereocenters. The van der Waals surface area contributed by atoms with Crippen molar-refractivity contribution in [3.05, 3.63) is 89.1 Å². The van der Waals surface area contributed by atoms with Gasteiger partial charge >= 0.3 is 0 Å². The monoisotopic (exact) mass is 457 g/mol. The van der Waals surface area contributed by atoms with Crippen LogP contribution in [0.1, 0.15) is 21.7 Å². The summed E-state index contributed by atoms with van der Waals surface area (Å²) in [5.74, 6) is -6.53. The number of furan rings is 1. The quantitative estimate of drug-likeness (QED) is 0.577. The van der Waals surface area contributed by atoms with E-state index in [0.717, 1.165) is 17.2 Å². The highest BCUT2D eigenvalue weighted by Gasteiger charge is 2.36. The van der Waals surface area contributed by atoms with Gasteiger partial charge in [-0.1, -0.05) is 24.3 Å². The van der Waals surface area contributed by atoms with E-state index < -0.39 is 53.4 Å². The molecule has 0 aliphatic carbocycles. The fraction of sp³-hybridized carbons (Fsp3) is 0.174. The van der Waals surface area contributed by atoms with Crippen LogP contribution in [0.15, 0.2) is 59.2 Å². The lowest BCUT2D eigenvalue weighted by Gasteiger charge is -2.35. The van der Waals surface area contributed by atoms with E-state index >= 15 is 0 Å². The van der Waals surface area contributed by atoms with Gasteiger partial charge in [0.15, 0.2) is 23.2 Å². The molecule has 2 N–H and O–H groups in total. The van der Waals surface area contributed by atoms with E-state index in [1.54, 1.807) is 6.07 Å². The third kappa shape index (κ3) is 4.59. The minimum Gasteiger partial charge on any atom is -0.459 e. The summed E-state index contributed by atoms with van der Waals surface area (Å²) in [5.41, 5.74) is 1.21. The number of nitrogens with one attached hydrogen (secondary N) is 2. The van der Waals surface area contributed by atoms with E-state index in [-0.39, 0.29) is 18.7 Å². The number of anilines is 1. The van der Waals surface area contributed by atoms with Crippen molar-refractivity contribution in [3.63, 3.8) is 0 Å².